The summed E-state index contributed by atoms with van der Waals surface area (Å²) >= 11 is 9.17. The highest BCUT2D eigenvalue weighted by molar-refractivity contribution is 7.22. The van der Waals surface area contributed by atoms with Crippen LogP contribution >= 0.6 is 34.3 Å². The van der Waals surface area contributed by atoms with E-state index >= 15 is 0 Å². The summed E-state index contributed by atoms with van der Waals surface area (Å²) in [6, 6.07) is 10.4. The molecule has 0 aliphatic carbocycles. The number of halogens is 1. The van der Waals surface area contributed by atoms with E-state index in [0.717, 1.165) is 9.88 Å². The number of aromatic nitrogens is 1. The summed E-state index contributed by atoms with van der Waals surface area (Å²) in [5.41, 5.74) is 1.32. The van der Waals surface area contributed by atoms with E-state index in [2.05, 4.69) is 10.3 Å². The summed E-state index contributed by atoms with van der Waals surface area (Å²) in [7, 11) is 1.31. The van der Waals surface area contributed by atoms with E-state index in [1.807, 2.05) is 23.6 Å². The predicted octanol–water partition coefficient (Wildman–Crippen LogP) is 4.87. The molecule has 0 bridgehead atoms. The number of carbonyl (C=O) groups excluding carboxylic acids is 2. The summed E-state index contributed by atoms with van der Waals surface area (Å²) < 4.78 is 4.76. The average Bonchev–Trinajstić information content (AvgIpc) is 3.31. The minimum Gasteiger partial charge on any atom is -0.469 e. The molecule has 0 radical (unpaired) electrons. The molecule has 1 aromatic carbocycles. The number of aryl methyl sites for hydroxylation is 1. The Morgan fingerprint density at radius 3 is 2.70 bits per heavy atom. The monoisotopic (exact) mass is 420 g/mol. The molecular formula is C19H17ClN2O3S2. The number of benzene rings is 1. The maximum absolute atomic E-state index is 12.9. The van der Waals surface area contributed by atoms with E-state index < -0.39 is 12.0 Å². The molecule has 0 saturated heterocycles. The van der Waals surface area contributed by atoms with Crippen LogP contribution in [-0.4, -0.2) is 24.0 Å². The molecule has 1 atom stereocenters. The zero-order valence-electron chi connectivity index (χ0n) is 14.7. The fourth-order valence-electron chi connectivity index (χ4n) is 2.58. The van der Waals surface area contributed by atoms with E-state index in [1.165, 1.54) is 18.4 Å². The molecule has 0 saturated carbocycles. The van der Waals surface area contributed by atoms with Crippen LogP contribution in [0.4, 0.5) is 0 Å². The number of nitrogens with one attached hydrogen (secondary N) is 1. The van der Waals surface area contributed by atoms with Crippen molar-refractivity contribution in [1.29, 1.82) is 0 Å². The summed E-state index contributed by atoms with van der Waals surface area (Å²) in [4.78, 5) is 30.7. The van der Waals surface area contributed by atoms with Gasteiger partial charge in [-0.05, 0) is 30.0 Å². The van der Waals surface area contributed by atoms with Crippen LogP contribution in [0.5, 0.6) is 0 Å². The molecule has 0 aliphatic rings. The lowest BCUT2D eigenvalue weighted by atomic mass is 10.0. The Hall–Kier alpha value is -2.22. The lowest BCUT2D eigenvalue weighted by Crippen LogP contribution is -2.30. The second-order valence-corrected chi connectivity index (χ2v) is 8.09. The van der Waals surface area contributed by atoms with Crippen molar-refractivity contribution in [1.82, 2.24) is 10.3 Å². The number of esters is 1. The lowest BCUT2D eigenvalue weighted by molar-refractivity contribution is -0.141. The molecule has 0 unspecified atom stereocenters. The minimum atomic E-state index is -0.592. The van der Waals surface area contributed by atoms with Crippen molar-refractivity contribution in [2.45, 2.75) is 19.4 Å². The summed E-state index contributed by atoms with van der Waals surface area (Å²) in [5, 5.41) is 6.15. The van der Waals surface area contributed by atoms with Crippen LogP contribution in [0.25, 0.3) is 9.88 Å². The summed E-state index contributed by atoms with van der Waals surface area (Å²) in [5.74, 6) is -0.720. The predicted molar refractivity (Wildman–Crippen MR) is 108 cm³/mol. The van der Waals surface area contributed by atoms with Crippen molar-refractivity contribution in [2.24, 2.45) is 0 Å². The van der Waals surface area contributed by atoms with Gasteiger partial charge in [0.2, 0.25) is 0 Å². The molecule has 2 heterocycles. The third-order valence-corrected chi connectivity index (χ3v) is 6.46. The molecule has 5 nitrogen and oxygen atoms in total. The first kappa shape index (κ1) is 19.5. The molecule has 8 heteroatoms. The number of ether oxygens (including phenoxy) is 1. The van der Waals surface area contributed by atoms with Gasteiger partial charge in [-0.3, -0.25) is 9.59 Å². The molecule has 0 spiro atoms. The number of hydrogen-bond donors (Lipinski definition) is 1. The molecule has 0 fully saturated rings. The normalized spacial score (nSPS) is 11.8. The Bertz CT molecular complexity index is 954. The van der Waals surface area contributed by atoms with Gasteiger partial charge in [-0.15, -0.1) is 22.7 Å². The van der Waals surface area contributed by atoms with Gasteiger partial charge >= 0.3 is 5.97 Å². The van der Waals surface area contributed by atoms with E-state index in [1.54, 1.807) is 36.5 Å². The van der Waals surface area contributed by atoms with Crippen LogP contribution in [0, 0.1) is 6.92 Å². The molecule has 140 valence electrons. The highest BCUT2D eigenvalue weighted by atomic mass is 35.5. The van der Waals surface area contributed by atoms with Crippen molar-refractivity contribution in [3.05, 3.63) is 62.9 Å². The van der Waals surface area contributed by atoms with Gasteiger partial charge in [-0.25, -0.2) is 4.98 Å². The standard InChI is InChI=1S/C19H17ClN2O3S2/c1-11-17(27-19(21-11)15-8-5-9-26-15)18(24)22-14(10-16(23)25-2)12-6-3-4-7-13(12)20/h3-9,14H,10H2,1-2H3,(H,22,24)/t14-/m0/s1. The van der Waals surface area contributed by atoms with Crippen molar-refractivity contribution in [2.75, 3.05) is 7.11 Å². The fraction of sp³-hybridized carbons (Fsp3) is 0.211. The van der Waals surface area contributed by atoms with E-state index in [-0.39, 0.29) is 12.3 Å². The van der Waals surface area contributed by atoms with Gasteiger partial charge in [0, 0.05) is 5.02 Å². The number of thiazole rings is 1. The quantitative estimate of drug-likeness (QED) is 0.578. The Morgan fingerprint density at radius 1 is 1.26 bits per heavy atom. The molecule has 1 N–H and O–H groups in total. The number of thiophene rings is 1. The number of rotatable bonds is 6. The molecule has 2 aromatic heterocycles. The first-order valence-electron chi connectivity index (χ1n) is 8.13. The largest absolute Gasteiger partial charge is 0.469 e. The highest BCUT2D eigenvalue weighted by Crippen LogP contribution is 2.32. The number of amides is 1. The van der Waals surface area contributed by atoms with Crippen molar-refractivity contribution >= 4 is 46.2 Å². The van der Waals surface area contributed by atoms with Gasteiger partial charge in [0.15, 0.2) is 0 Å². The van der Waals surface area contributed by atoms with Gasteiger partial charge in [0.1, 0.15) is 9.88 Å². The van der Waals surface area contributed by atoms with Gasteiger partial charge in [-0.1, -0.05) is 35.9 Å². The molecule has 3 rings (SSSR count). The van der Waals surface area contributed by atoms with Crippen LogP contribution in [0.15, 0.2) is 41.8 Å². The van der Waals surface area contributed by atoms with Gasteiger partial charge < -0.3 is 10.1 Å². The number of nitrogens with zero attached hydrogens (tertiary/aromatic N) is 1. The van der Waals surface area contributed by atoms with Crippen LogP contribution in [0.3, 0.4) is 0 Å². The SMILES string of the molecule is COC(=O)C[C@H](NC(=O)c1sc(-c2cccs2)nc1C)c1ccccc1Cl. The minimum absolute atomic E-state index is 0.0123. The number of methoxy groups -OCH3 is 1. The van der Waals surface area contributed by atoms with Crippen molar-refractivity contribution in [3.63, 3.8) is 0 Å². The maximum Gasteiger partial charge on any atom is 0.307 e. The first-order chi connectivity index (χ1) is 13.0. The molecule has 27 heavy (non-hydrogen) atoms. The molecule has 3 aromatic rings. The molecular weight excluding hydrogens is 404 g/mol. The zero-order chi connectivity index (χ0) is 19.4. The highest BCUT2D eigenvalue weighted by Gasteiger charge is 2.24. The van der Waals surface area contributed by atoms with Crippen LogP contribution in [0.1, 0.15) is 33.4 Å². The first-order valence-corrected chi connectivity index (χ1v) is 10.2. The van der Waals surface area contributed by atoms with E-state index in [0.29, 0.717) is 21.2 Å². The smallest absolute Gasteiger partial charge is 0.307 e. The second kappa shape index (κ2) is 8.65. The summed E-state index contributed by atoms with van der Waals surface area (Å²) in [6.07, 6.45) is -0.0123. The van der Waals surface area contributed by atoms with Crippen LogP contribution in [0.2, 0.25) is 5.02 Å². The lowest BCUT2D eigenvalue weighted by Gasteiger charge is -2.19. The summed E-state index contributed by atoms with van der Waals surface area (Å²) in [6.45, 7) is 1.80. The topological polar surface area (TPSA) is 68.3 Å². The third-order valence-electron chi connectivity index (χ3n) is 3.92. The number of hydrogen-bond acceptors (Lipinski definition) is 6. The van der Waals surface area contributed by atoms with Gasteiger partial charge in [-0.2, -0.15) is 0 Å². The Labute approximate surface area is 170 Å². The Kier molecular flexibility index (Phi) is 6.26. The molecule has 0 aliphatic heterocycles. The van der Waals surface area contributed by atoms with Crippen molar-refractivity contribution in [3.8, 4) is 9.88 Å². The zero-order valence-corrected chi connectivity index (χ0v) is 17.1. The maximum atomic E-state index is 12.9. The fourth-order valence-corrected chi connectivity index (χ4v) is 4.62. The Balaban J connectivity index is 1.86. The second-order valence-electron chi connectivity index (χ2n) is 5.74. The van der Waals surface area contributed by atoms with Crippen LogP contribution < -0.4 is 5.32 Å². The van der Waals surface area contributed by atoms with E-state index in [4.69, 9.17) is 16.3 Å². The van der Waals surface area contributed by atoms with Gasteiger partial charge in [0.05, 0.1) is 30.1 Å². The van der Waals surface area contributed by atoms with E-state index in [9.17, 15) is 9.59 Å². The molecule has 1 amide bonds. The Morgan fingerprint density at radius 2 is 2.04 bits per heavy atom. The average molecular weight is 421 g/mol. The number of carbonyl (C=O) groups is 2. The van der Waals surface area contributed by atoms with Crippen LogP contribution in [-0.2, 0) is 9.53 Å². The third kappa shape index (κ3) is 4.55. The van der Waals surface area contributed by atoms with Crippen molar-refractivity contribution < 1.29 is 14.3 Å². The van der Waals surface area contributed by atoms with Gasteiger partial charge in [0.25, 0.3) is 5.91 Å².